The number of piperidine rings is 1. The van der Waals surface area contributed by atoms with Gasteiger partial charge in [-0.05, 0) is 54.8 Å². The maximum Gasteiger partial charge on any atom is 0.286 e. The van der Waals surface area contributed by atoms with Crippen molar-refractivity contribution < 1.29 is 4.79 Å². The first-order chi connectivity index (χ1) is 12.5. The van der Waals surface area contributed by atoms with Crippen LogP contribution in [0.1, 0.15) is 38.7 Å². The maximum absolute atomic E-state index is 12.3. The average Bonchev–Trinajstić information content (AvgIpc) is 3.11. The summed E-state index contributed by atoms with van der Waals surface area (Å²) >= 11 is 1.52. The summed E-state index contributed by atoms with van der Waals surface area (Å²) < 4.78 is 0. The lowest BCUT2D eigenvalue weighted by Crippen LogP contribution is -2.33. The number of thioether (sulfide) groups is 1. The van der Waals surface area contributed by atoms with Crippen molar-refractivity contribution in [3.05, 3.63) is 52.6 Å². The third-order valence-electron chi connectivity index (χ3n) is 5.57. The van der Waals surface area contributed by atoms with Gasteiger partial charge in [0.2, 0.25) is 0 Å². The molecule has 0 N–H and O–H groups in total. The van der Waals surface area contributed by atoms with Crippen LogP contribution in [0.5, 0.6) is 0 Å². The van der Waals surface area contributed by atoms with E-state index in [9.17, 15) is 4.79 Å². The van der Waals surface area contributed by atoms with Gasteiger partial charge < -0.3 is 9.80 Å². The van der Waals surface area contributed by atoms with Crippen molar-refractivity contribution in [1.29, 1.82) is 0 Å². The fourth-order valence-electron chi connectivity index (χ4n) is 4.09. The van der Waals surface area contributed by atoms with Gasteiger partial charge in [0.1, 0.15) is 0 Å². The third-order valence-corrected chi connectivity index (χ3v) is 6.63. The number of likely N-dealkylation sites (tertiary alicyclic amines) is 1. The van der Waals surface area contributed by atoms with Crippen molar-refractivity contribution in [3.8, 4) is 0 Å². The molecule has 26 heavy (non-hydrogen) atoms. The Balaban J connectivity index is 1.57. The number of para-hydroxylation sites is 1. The van der Waals surface area contributed by atoms with E-state index in [1.807, 2.05) is 6.08 Å². The Labute approximate surface area is 159 Å². The van der Waals surface area contributed by atoms with E-state index in [0.717, 1.165) is 23.2 Å². The molecule has 136 valence electrons. The highest BCUT2D eigenvalue weighted by molar-refractivity contribution is 8.18. The van der Waals surface area contributed by atoms with Gasteiger partial charge in [-0.2, -0.15) is 4.99 Å². The highest BCUT2D eigenvalue weighted by Gasteiger charge is 2.38. The lowest BCUT2D eigenvalue weighted by Gasteiger charge is -2.27. The van der Waals surface area contributed by atoms with Gasteiger partial charge in [0.25, 0.3) is 5.91 Å². The molecule has 3 heterocycles. The number of rotatable bonds is 1. The number of amides is 1. The van der Waals surface area contributed by atoms with E-state index in [0.29, 0.717) is 0 Å². The van der Waals surface area contributed by atoms with Crippen molar-refractivity contribution in [2.24, 2.45) is 4.99 Å². The number of likely N-dealkylation sites (N-methyl/N-ethyl adjacent to an activating group) is 1. The van der Waals surface area contributed by atoms with Crippen LogP contribution in [-0.2, 0) is 10.2 Å². The van der Waals surface area contributed by atoms with Crippen molar-refractivity contribution in [2.45, 2.75) is 38.5 Å². The Morgan fingerprint density at radius 1 is 1.12 bits per heavy atom. The SMILES string of the molecule is CN1/C(=C\C=C2\SC(N3CCCCC3)=NC2=O)C(C)(C)c2ccccc21. The summed E-state index contributed by atoms with van der Waals surface area (Å²) in [6.45, 7) is 6.50. The minimum atomic E-state index is -0.108. The molecule has 1 aromatic carbocycles. The molecule has 0 aliphatic carbocycles. The van der Waals surface area contributed by atoms with Gasteiger partial charge in [0.15, 0.2) is 5.17 Å². The van der Waals surface area contributed by atoms with Crippen molar-refractivity contribution >= 4 is 28.5 Å². The molecule has 3 aliphatic heterocycles. The predicted molar refractivity (Wildman–Crippen MR) is 109 cm³/mol. The summed E-state index contributed by atoms with van der Waals surface area (Å²) in [6.07, 6.45) is 7.70. The van der Waals surface area contributed by atoms with Crippen LogP contribution in [0.25, 0.3) is 0 Å². The molecule has 0 spiro atoms. The van der Waals surface area contributed by atoms with Gasteiger partial charge in [-0.25, -0.2) is 0 Å². The number of amidine groups is 1. The van der Waals surface area contributed by atoms with Crippen LogP contribution in [0.3, 0.4) is 0 Å². The summed E-state index contributed by atoms with van der Waals surface area (Å²) in [5.41, 5.74) is 3.68. The van der Waals surface area contributed by atoms with E-state index in [1.165, 1.54) is 48.0 Å². The fourth-order valence-corrected chi connectivity index (χ4v) is 4.99. The summed E-state index contributed by atoms with van der Waals surface area (Å²) in [6, 6.07) is 8.50. The molecule has 0 atom stereocenters. The first kappa shape index (κ1) is 17.4. The molecular formula is C21H25N3OS. The van der Waals surface area contributed by atoms with E-state index < -0.39 is 0 Å². The summed E-state index contributed by atoms with van der Waals surface area (Å²) in [5.74, 6) is -0.108. The van der Waals surface area contributed by atoms with Crippen LogP contribution in [-0.4, -0.2) is 36.1 Å². The standard InChI is InChI=1S/C21H25N3OS/c1-21(2)15-9-5-6-10-16(15)23(3)18(21)12-11-17-19(25)22-20(26-17)24-13-7-4-8-14-24/h5-6,9-12H,4,7-8,13-14H2,1-3H3/b17-11+,18-12-. The largest absolute Gasteiger partial charge is 0.351 e. The Kier molecular flexibility index (Phi) is 4.43. The number of carbonyl (C=O) groups excluding carboxylic acids is 1. The van der Waals surface area contributed by atoms with Crippen molar-refractivity contribution in [1.82, 2.24) is 4.90 Å². The highest BCUT2D eigenvalue weighted by atomic mass is 32.2. The second-order valence-electron chi connectivity index (χ2n) is 7.63. The molecule has 1 aromatic rings. The number of nitrogens with zero attached hydrogens (tertiary/aromatic N) is 3. The van der Waals surface area contributed by atoms with E-state index in [1.54, 1.807) is 0 Å². The Morgan fingerprint density at radius 2 is 1.85 bits per heavy atom. The summed E-state index contributed by atoms with van der Waals surface area (Å²) in [5, 5.41) is 0.877. The lowest BCUT2D eigenvalue weighted by molar-refractivity contribution is -0.113. The smallest absolute Gasteiger partial charge is 0.286 e. The molecule has 3 aliphatic rings. The van der Waals surface area contributed by atoms with E-state index in [2.05, 4.69) is 66.0 Å². The van der Waals surface area contributed by atoms with E-state index in [4.69, 9.17) is 0 Å². The van der Waals surface area contributed by atoms with Gasteiger partial charge in [-0.3, -0.25) is 4.79 Å². The molecule has 4 rings (SSSR count). The fraction of sp³-hybridized carbons (Fsp3) is 0.429. The van der Waals surface area contributed by atoms with Gasteiger partial charge in [0.05, 0.1) is 4.91 Å². The molecule has 4 nitrogen and oxygen atoms in total. The normalized spacial score (nSPS) is 25.2. The molecule has 1 fully saturated rings. The van der Waals surface area contributed by atoms with Crippen LogP contribution in [0, 0.1) is 0 Å². The van der Waals surface area contributed by atoms with Crippen LogP contribution < -0.4 is 4.90 Å². The number of anilines is 1. The number of benzene rings is 1. The second kappa shape index (κ2) is 6.62. The first-order valence-corrected chi connectivity index (χ1v) is 10.1. The number of allylic oxidation sites excluding steroid dienone is 3. The highest BCUT2D eigenvalue weighted by Crippen LogP contribution is 2.46. The van der Waals surface area contributed by atoms with E-state index >= 15 is 0 Å². The third kappa shape index (κ3) is 2.88. The molecule has 0 radical (unpaired) electrons. The van der Waals surface area contributed by atoms with Gasteiger partial charge >= 0.3 is 0 Å². The molecule has 1 amide bonds. The molecule has 0 unspecified atom stereocenters. The van der Waals surface area contributed by atoms with Crippen LogP contribution in [0.4, 0.5) is 5.69 Å². The van der Waals surface area contributed by atoms with E-state index in [-0.39, 0.29) is 11.3 Å². The van der Waals surface area contributed by atoms with Gasteiger partial charge in [-0.1, -0.05) is 32.0 Å². The zero-order valence-corrected chi connectivity index (χ0v) is 16.5. The molecule has 1 saturated heterocycles. The predicted octanol–water partition coefficient (Wildman–Crippen LogP) is 4.30. The summed E-state index contributed by atoms with van der Waals surface area (Å²) in [7, 11) is 2.09. The molecular weight excluding hydrogens is 342 g/mol. The number of carbonyl (C=O) groups is 1. The van der Waals surface area contributed by atoms with Gasteiger partial charge in [-0.15, -0.1) is 0 Å². The quantitative estimate of drug-likeness (QED) is 0.694. The zero-order valence-electron chi connectivity index (χ0n) is 15.7. The van der Waals surface area contributed by atoms with Crippen LogP contribution >= 0.6 is 11.8 Å². The Morgan fingerprint density at radius 3 is 2.58 bits per heavy atom. The van der Waals surface area contributed by atoms with Crippen molar-refractivity contribution in [2.75, 3.05) is 25.0 Å². The lowest BCUT2D eigenvalue weighted by atomic mass is 9.84. The topological polar surface area (TPSA) is 35.9 Å². The molecule has 0 saturated carbocycles. The van der Waals surface area contributed by atoms with Crippen LogP contribution in [0.15, 0.2) is 52.0 Å². The summed E-state index contributed by atoms with van der Waals surface area (Å²) in [4.78, 5) is 21.8. The maximum atomic E-state index is 12.3. The number of hydrogen-bond donors (Lipinski definition) is 0. The minimum Gasteiger partial charge on any atom is -0.351 e. The second-order valence-corrected chi connectivity index (χ2v) is 8.64. The molecule has 0 bridgehead atoms. The van der Waals surface area contributed by atoms with Crippen molar-refractivity contribution in [3.63, 3.8) is 0 Å². The number of hydrogen-bond acceptors (Lipinski definition) is 4. The number of aliphatic imine (C=N–C) groups is 1. The Hall–Kier alpha value is -2.01. The van der Waals surface area contributed by atoms with Crippen LogP contribution in [0.2, 0.25) is 0 Å². The molecule has 5 heteroatoms. The minimum absolute atomic E-state index is 0.0781. The number of fused-ring (bicyclic) bond motifs is 1. The first-order valence-electron chi connectivity index (χ1n) is 9.30. The Bertz CT molecular complexity index is 831. The van der Waals surface area contributed by atoms with Gasteiger partial charge in [0, 0.05) is 36.9 Å². The average molecular weight is 368 g/mol. The zero-order chi connectivity index (χ0) is 18.3. The monoisotopic (exact) mass is 367 g/mol. The molecule has 0 aromatic heterocycles.